The number of hydrogen-bond acceptors (Lipinski definition) is 4. The molecule has 2 heterocycles. The molecule has 6 heteroatoms. The second-order valence-corrected chi connectivity index (χ2v) is 10.1. The highest BCUT2D eigenvalue weighted by molar-refractivity contribution is 6.52. The molecule has 1 N–H and O–H groups in total. The zero-order chi connectivity index (χ0) is 24.8. The molecule has 34 heavy (non-hydrogen) atoms. The van der Waals surface area contributed by atoms with Crippen molar-refractivity contribution in [2.45, 2.75) is 46.1 Å². The van der Waals surface area contributed by atoms with Gasteiger partial charge in [-0.25, -0.2) is 0 Å². The normalized spacial score (nSPS) is 17.9. The Morgan fingerprint density at radius 3 is 2.35 bits per heavy atom. The number of carbonyl (C=O) groups excluding carboxylic acids is 2. The summed E-state index contributed by atoms with van der Waals surface area (Å²) >= 11 is 6.25. The number of aromatic nitrogens is 1. The minimum Gasteiger partial charge on any atom is -0.507 e. The first-order chi connectivity index (χ1) is 16.0. The first kappa shape index (κ1) is 23.7. The molecule has 1 amide bonds. The molecule has 1 atom stereocenters. The van der Waals surface area contributed by atoms with Crippen LogP contribution in [0.5, 0.6) is 0 Å². The molecule has 3 aromatic rings. The molecule has 0 aliphatic carbocycles. The summed E-state index contributed by atoms with van der Waals surface area (Å²) in [5.41, 5.74) is 3.94. The smallest absolute Gasteiger partial charge is 0.300 e. The van der Waals surface area contributed by atoms with Crippen molar-refractivity contribution < 1.29 is 14.7 Å². The van der Waals surface area contributed by atoms with Crippen LogP contribution in [0, 0.1) is 13.8 Å². The number of aliphatic hydroxyl groups excluding tert-OH is 1. The van der Waals surface area contributed by atoms with Gasteiger partial charge in [0, 0.05) is 22.5 Å². The second kappa shape index (κ2) is 8.73. The van der Waals surface area contributed by atoms with Crippen LogP contribution < -0.4 is 4.90 Å². The Kier molecular flexibility index (Phi) is 6.09. The van der Waals surface area contributed by atoms with Gasteiger partial charge in [0.1, 0.15) is 11.8 Å². The molecule has 5 nitrogen and oxygen atoms in total. The molecule has 1 fully saturated rings. The van der Waals surface area contributed by atoms with Crippen LogP contribution in [0.1, 0.15) is 54.8 Å². The number of benzene rings is 2. The monoisotopic (exact) mass is 474 g/mol. The Morgan fingerprint density at radius 2 is 1.71 bits per heavy atom. The van der Waals surface area contributed by atoms with E-state index in [-0.39, 0.29) is 16.7 Å². The number of ketones is 1. The van der Waals surface area contributed by atoms with Crippen molar-refractivity contribution in [2.75, 3.05) is 4.90 Å². The Hall–Kier alpha value is -3.44. The van der Waals surface area contributed by atoms with Crippen LogP contribution in [-0.2, 0) is 15.0 Å². The molecule has 0 radical (unpaired) electrons. The highest BCUT2D eigenvalue weighted by Crippen LogP contribution is 2.43. The molecule has 174 valence electrons. The number of Topliss-reactive ketones (excluding diaryl/α,β-unsaturated/α-hetero) is 1. The summed E-state index contributed by atoms with van der Waals surface area (Å²) in [4.78, 5) is 32.6. The first-order valence-electron chi connectivity index (χ1n) is 11.1. The quantitative estimate of drug-likeness (QED) is 0.275. The summed E-state index contributed by atoms with van der Waals surface area (Å²) in [6.07, 6.45) is 1.60. The molecule has 1 unspecified atom stereocenters. The Morgan fingerprint density at radius 1 is 1.00 bits per heavy atom. The van der Waals surface area contributed by atoms with Gasteiger partial charge in [0.05, 0.1) is 11.3 Å². The molecule has 0 spiro atoms. The molecule has 1 aromatic heterocycles. The van der Waals surface area contributed by atoms with Crippen molar-refractivity contribution in [3.63, 3.8) is 0 Å². The number of amides is 1. The average Bonchev–Trinajstić information content (AvgIpc) is 3.05. The fourth-order valence-electron chi connectivity index (χ4n) is 4.23. The van der Waals surface area contributed by atoms with Crippen LogP contribution in [0.3, 0.4) is 0 Å². The van der Waals surface area contributed by atoms with Crippen LogP contribution in [-0.4, -0.2) is 21.8 Å². The van der Waals surface area contributed by atoms with E-state index in [9.17, 15) is 14.7 Å². The van der Waals surface area contributed by atoms with Gasteiger partial charge in [-0.05, 0) is 66.3 Å². The zero-order valence-corrected chi connectivity index (χ0v) is 20.6. The SMILES string of the molecule is Cc1ccc(C(C)(C)C)cc1/C(O)=C1\C(=O)C(=O)N(c2cc(Cl)ccc2C)C1c1ccccn1. The first-order valence-corrected chi connectivity index (χ1v) is 11.5. The molecule has 0 saturated carbocycles. The van der Waals surface area contributed by atoms with E-state index in [0.29, 0.717) is 22.0 Å². The van der Waals surface area contributed by atoms with E-state index in [1.807, 2.05) is 32.0 Å². The zero-order valence-electron chi connectivity index (χ0n) is 19.9. The summed E-state index contributed by atoms with van der Waals surface area (Å²) in [7, 11) is 0. The second-order valence-electron chi connectivity index (χ2n) is 9.63. The molecule has 1 saturated heterocycles. The topological polar surface area (TPSA) is 70.5 Å². The Bertz CT molecular complexity index is 1320. The van der Waals surface area contributed by atoms with Crippen molar-refractivity contribution in [3.05, 3.63) is 99.3 Å². The summed E-state index contributed by atoms with van der Waals surface area (Å²) in [5, 5.41) is 12.0. The summed E-state index contributed by atoms with van der Waals surface area (Å²) < 4.78 is 0. The third-order valence-electron chi connectivity index (χ3n) is 6.20. The number of pyridine rings is 1. The lowest BCUT2D eigenvalue weighted by atomic mass is 9.84. The third-order valence-corrected chi connectivity index (χ3v) is 6.44. The van der Waals surface area contributed by atoms with Gasteiger partial charge in [0.2, 0.25) is 0 Å². The molecule has 1 aliphatic heterocycles. The van der Waals surface area contributed by atoms with Crippen molar-refractivity contribution in [1.82, 2.24) is 4.98 Å². The third kappa shape index (κ3) is 4.12. The Labute approximate surface area is 204 Å². The number of anilines is 1. The fourth-order valence-corrected chi connectivity index (χ4v) is 4.40. The van der Waals surface area contributed by atoms with Gasteiger partial charge < -0.3 is 5.11 Å². The van der Waals surface area contributed by atoms with Crippen LogP contribution in [0.25, 0.3) is 5.76 Å². The van der Waals surface area contributed by atoms with Gasteiger partial charge in [-0.15, -0.1) is 0 Å². The summed E-state index contributed by atoms with van der Waals surface area (Å²) in [6, 6.07) is 15.4. The molecule has 1 aliphatic rings. The van der Waals surface area contributed by atoms with Crippen molar-refractivity contribution >= 4 is 34.7 Å². The van der Waals surface area contributed by atoms with Crippen LogP contribution >= 0.6 is 11.6 Å². The summed E-state index contributed by atoms with van der Waals surface area (Å²) in [6.45, 7) is 9.95. The van der Waals surface area contributed by atoms with E-state index >= 15 is 0 Å². The number of aliphatic hydroxyl groups is 1. The Balaban J connectivity index is 2.00. The molecule has 0 bridgehead atoms. The van der Waals surface area contributed by atoms with Crippen LogP contribution in [0.15, 0.2) is 66.4 Å². The lowest BCUT2D eigenvalue weighted by molar-refractivity contribution is -0.132. The molecular weight excluding hydrogens is 448 g/mol. The highest BCUT2D eigenvalue weighted by atomic mass is 35.5. The van der Waals surface area contributed by atoms with E-state index in [0.717, 1.165) is 16.7 Å². The van der Waals surface area contributed by atoms with Crippen LogP contribution in [0.4, 0.5) is 5.69 Å². The lowest BCUT2D eigenvalue weighted by Gasteiger charge is -2.26. The predicted octanol–water partition coefficient (Wildman–Crippen LogP) is 6.28. The summed E-state index contributed by atoms with van der Waals surface area (Å²) in [5.74, 6) is -1.69. The number of nitrogens with zero attached hydrogens (tertiary/aromatic N) is 2. The van der Waals surface area contributed by atoms with Gasteiger partial charge in [-0.1, -0.05) is 56.6 Å². The van der Waals surface area contributed by atoms with Gasteiger partial charge in [-0.2, -0.15) is 0 Å². The lowest BCUT2D eigenvalue weighted by Crippen LogP contribution is -2.30. The van der Waals surface area contributed by atoms with Crippen molar-refractivity contribution in [1.29, 1.82) is 0 Å². The highest BCUT2D eigenvalue weighted by Gasteiger charge is 2.48. The number of hydrogen-bond donors (Lipinski definition) is 1. The van der Waals surface area contributed by atoms with E-state index in [1.54, 1.807) is 42.6 Å². The van der Waals surface area contributed by atoms with Gasteiger partial charge in [0.15, 0.2) is 0 Å². The maximum Gasteiger partial charge on any atom is 0.300 e. The van der Waals surface area contributed by atoms with Crippen LogP contribution in [0.2, 0.25) is 5.02 Å². The van der Waals surface area contributed by atoms with Crippen molar-refractivity contribution in [3.8, 4) is 0 Å². The van der Waals surface area contributed by atoms with Gasteiger partial charge in [0.25, 0.3) is 11.7 Å². The average molecular weight is 475 g/mol. The number of carbonyl (C=O) groups is 2. The van der Waals surface area contributed by atoms with E-state index < -0.39 is 17.7 Å². The number of aryl methyl sites for hydroxylation is 2. The molecular formula is C28H27ClN2O3. The van der Waals surface area contributed by atoms with Gasteiger partial charge >= 0.3 is 0 Å². The minimum absolute atomic E-state index is 0.0113. The van der Waals surface area contributed by atoms with E-state index in [2.05, 4.69) is 25.8 Å². The maximum absolute atomic E-state index is 13.4. The van der Waals surface area contributed by atoms with Crippen molar-refractivity contribution in [2.24, 2.45) is 0 Å². The minimum atomic E-state index is -0.893. The fraction of sp³-hybridized carbons (Fsp3) is 0.250. The number of halogens is 1. The van der Waals surface area contributed by atoms with E-state index in [1.165, 1.54) is 4.90 Å². The molecule has 2 aromatic carbocycles. The van der Waals surface area contributed by atoms with Gasteiger partial charge in [-0.3, -0.25) is 19.5 Å². The molecule has 4 rings (SSSR count). The predicted molar refractivity (Wildman–Crippen MR) is 135 cm³/mol. The van der Waals surface area contributed by atoms with E-state index in [4.69, 9.17) is 11.6 Å². The largest absolute Gasteiger partial charge is 0.507 e. The number of rotatable bonds is 3. The maximum atomic E-state index is 13.4. The standard InChI is InChI=1S/C28H27ClN2O3/c1-16-9-11-18(28(3,4)5)14-20(16)25(32)23-24(21-8-6-7-13-30-21)31(27(34)26(23)33)22-15-19(29)12-10-17(22)2/h6-15,24,32H,1-5H3/b25-23+.